The number of hydrogen-bond acceptors (Lipinski definition) is 5. The van der Waals surface area contributed by atoms with Crippen LogP contribution < -0.4 is 15.4 Å². The number of piperidine rings is 1. The molecule has 3 rings (SSSR count). The van der Waals surface area contributed by atoms with Crippen LogP contribution in [0.3, 0.4) is 0 Å². The van der Waals surface area contributed by atoms with Crippen LogP contribution in [0.1, 0.15) is 41.9 Å². The lowest BCUT2D eigenvalue weighted by Gasteiger charge is -2.22. The van der Waals surface area contributed by atoms with Crippen molar-refractivity contribution in [3.8, 4) is 5.75 Å². The normalized spacial score (nSPS) is 15.2. The number of ether oxygens (including phenoxy) is 1. The van der Waals surface area contributed by atoms with Crippen molar-refractivity contribution < 1.29 is 9.53 Å². The van der Waals surface area contributed by atoms with E-state index in [0.717, 1.165) is 37.2 Å². The molecule has 0 aliphatic carbocycles. The fraction of sp³-hybridized carbons (Fsp3) is 0.471. The van der Waals surface area contributed by atoms with Crippen molar-refractivity contribution in [1.82, 2.24) is 20.3 Å². The molecule has 7 heteroatoms. The molecule has 1 aromatic carbocycles. The molecular formula is C17H23N5O2. The number of carbonyl (C=O) groups is 1. The molecule has 0 radical (unpaired) electrons. The molecule has 128 valence electrons. The summed E-state index contributed by atoms with van der Waals surface area (Å²) in [6.45, 7) is 6.43. The zero-order valence-electron chi connectivity index (χ0n) is 14.1. The van der Waals surface area contributed by atoms with Gasteiger partial charge in [-0.15, -0.1) is 5.10 Å². The molecule has 1 aromatic heterocycles. The highest BCUT2D eigenvalue weighted by Crippen LogP contribution is 2.23. The Balaban J connectivity index is 1.69. The quantitative estimate of drug-likeness (QED) is 0.878. The molecule has 1 aliphatic rings. The maximum atomic E-state index is 12.4. The predicted octanol–water partition coefficient (Wildman–Crippen LogP) is 2.16. The summed E-state index contributed by atoms with van der Waals surface area (Å²) in [5.74, 6) is 0.509. The molecule has 0 saturated carbocycles. The number of hydrogen-bond donors (Lipinski definition) is 2. The Morgan fingerprint density at radius 2 is 2.21 bits per heavy atom. The lowest BCUT2D eigenvalue weighted by molar-refractivity contribution is 0.102. The highest BCUT2D eigenvalue weighted by atomic mass is 16.5. The first-order chi connectivity index (χ1) is 11.7. The average molecular weight is 329 g/mol. The summed E-state index contributed by atoms with van der Waals surface area (Å²) >= 11 is 0. The SMILES string of the molecule is CCOc1cc(NC(=O)c2cn(C3CCNCC3)nn2)ccc1C. The van der Waals surface area contributed by atoms with Crippen LogP contribution in [0.2, 0.25) is 0 Å². The van der Waals surface area contributed by atoms with Crippen molar-refractivity contribution >= 4 is 11.6 Å². The van der Waals surface area contributed by atoms with Gasteiger partial charge < -0.3 is 15.4 Å². The van der Waals surface area contributed by atoms with Crippen LogP contribution in [-0.4, -0.2) is 40.6 Å². The molecule has 1 saturated heterocycles. The van der Waals surface area contributed by atoms with E-state index in [4.69, 9.17) is 4.74 Å². The van der Waals surface area contributed by atoms with E-state index in [2.05, 4.69) is 20.9 Å². The average Bonchev–Trinajstić information content (AvgIpc) is 3.09. The number of aryl methyl sites for hydroxylation is 1. The first-order valence-corrected chi connectivity index (χ1v) is 8.34. The molecule has 24 heavy (non-hydrogen) atoms. The Morgan fingerprint density at radius 3 is 2.96 bits per heavy atom. The fourth-order valence-corrected chi connectivity index (χ4v) is 2.81. The van der Waals surface area contributed by atoms with Gasteiger partial charge >= 0.3 is 0 Å². The van der Waals surface area contributed by atoms with Crippen molar-refractivity contribution in [3.63, 3.8) is 0 Å². The van der Waals surface area contributed by atoms with Crippen molar-refractivity contribution in [1.29, 1.82) is 0 Å². The van der Waals surface area contributed by atoms with Gasteiger partial charge in [-0.2, -0.15) is 0 Å². The van der Waals surface area contributed by atoms with E-state index in [1.165, 1.54) is 0 Å². The summed E-state index contributed by atoms with van der Waals surface area (Å²) in [6, 6.07) is 5.91. The number of anilines is 1. The van der Waals surface area contributed by atoms with Crippen LogP contribution >= 0.6 is 0 Å². The van der Waals surface area contributed by atoms with Gasteiger partial charge in [0.15, 0.2) is 5.69 Å². The van der Waals surface area contributed by atoms with E-state index < -0.39 is 0 Å². The Morgan fingerprint density at radius 1 is 1.42 bits per heavy atom. The first kappa shape index (κ1) is 16.4. The predicted molar refractivity (Wildman–Crippen MR) is 91.5 cm³/mol. The van der Waals surface area contributed by atoms with Gasteiger partial charge in [-0.05, 0) is 51.4 Å². The van der Waals surface area contributed by atoms with Gasteiger partial charge in [-0.25, -0.2) is 4.68 Å². The third kappa shape index (κ3) is 3.73. The van der Waals surface area contributed by atoms with Crippen LogP contribution in [0.4, 0.5) is 5.69 Å². The van der Waals surface area contributed by atoms with Crippen molar-refractivity contribution in [2.75, 3.05) is 25.0 Å². The van der Waals surface area contributed by atoms with Gasteiger partial charge in [-0.3, -0.25) is 4.79 Å². The highest BCUT2D eigenvalue weighted by molar-refractivity contribution is 6.02. The number of nitrogens with one attached hydrogen (secondary N) is 2. The standard InChI is InChI=1S/C17H23N5O2/c1-3-24-16-10-13(5-4-12(16)2)19-17(23)15-11-22(21-20-15)14-6-8-18-9-7-14/h4-5,10-11,14,18H,3,6-9H2,1-2H3,(H,19,23). The summed E-state index contributed by atoms with van der Waals surface area (Å²) in [5.41, 5.74) is 2.05. The van der Waals surface area contributed by atoms with E-state index in [9.17, 15) is 4.79 Å². The number of nitrogens with zero attached hydrogens (tertiary/aromatic N) is 3. The topological polar surface area (TPSA) is 81.1 Å². The van der Waals surface area contributed by atoms with E-state index in [0.29, 0.717) is 24.0 Å². The molecule has 1 amide bonds. The van der Waals surface area contributed by atoms with Gasteiger partial charge in [0.25, 0.3) is 5.91 Å². The van der Waals surface area contributed by atoms with Crippen molar-refractivity contribution in [2.24, 2.45) is 0 Å². The van der Waals surface area contributed by atoms with Crippen molar-refractivity contribution in [3.05, 3.63) is 35.7 Å². The summed E-state index contributed by atoms with van der Waals surface area (Å²) < 4.78 is 7.36. The molecule has 2 aromatic rings. The number of carbonyl (C=O) groups excluding carboxylic acids is 1. The minimum absolute atomic E-state index is 0.263. The minimum Gasteiger partial charge on any atom is -0.494 e. The molecule has 2 heterocycles. The molecule has 0 atom stereocenters. The number of benzene rings is 1. The van der Waals surface area contributed by atoms with E-state index in [-0.39, 0.29) is 5.91 Å². The van der Waals surface area contributed by atoms with Gasteiger partial charge in [0.05, 0.1) is 18.8 Å². The number of aromatic nitrogens is 3. The van der Waals surface area contributed by atoms with Gasteiger partial charge in [0, 0.05) is 11.8 Å². The molecule has 2 N–H and O–H groups in total. The first-order valence-electron chi connectivity index (χ1n) is 8.34. The summed E-state index contributed by atoms with van der Waals surface area (Å²) in [6.07, 6.45) is 3.73. The third-order valence-electron chi connectivity index (χ3n) is 4.17. The Bertz CT molecular complexity index is 707. The van der Waals surface area contributed by atoms with Gasteiger partial charge in [-0.1, -0.05) is 11.3 Å². The maximum Gasteiger partial charge on any atom is 0.277 e. The zero-order chi connectivity index (χ0) is 16.9. The smallest absolute Gasteiger partial charge is 0.277 e. The van der Waals surface area contributed by atoms with Gasteiger partial charge in [0.2, 0.25) is 0 Å². The van der Waals surface area contributed by atoms with Crippen LogP contribution in [0, 0.1) is 6.92 Å². The molecule has 0 unspecified atom stereocenters. The maximum absolute atomic E-state index is 12.4. The second-order valence-electron chi connectivity index (χ2n) is 5.93. The van der Waals surface area contributed by atoms with Crippen LogP contribution in [0.5, 0.6) is 5.75 Å². The minimum atomic E-state index is -0.263. The Labute approximate surface area is 141 Å². The molecule has 1 fully saturated rings. The van der Waals surface area contributed by atoms with Crippen molar-refractivity contribution in [2.45, 2.75) is 32.7 Å². The Hall–Kier alpha value is -2.41. The lowest BCUT2D eigenvalue weighted by atomic mass is 10.1. The van der Waals surface area contributed by atoms with E-state index in [1.807, 2.05) is 32.0 Å². The second-order valence-corrected chi connectivity index (χ2v) is 5.93. The zero-order valence-corrected chi connectivity index (χ0v) is 14.1. The summed E-state index contributed by atoms with van der Waals surface area (Å²) in [7, 11) is 0. The van der Waals surface area contributed by atoms with E-state index >= 15 is 0 Å². The monoisotopic (exact) mass is 329 g/mol. The molecule has 0 bridgehead atoms. The van der Waals surface area contributed by atoms with E-state index in [1.54, 1.807) is 10.9 Å². The largest absolute Gasteiger partial charge is 0.494 e. The lowest BCUT2D eigenvalue weighted by Crippen LogP contribution is -2.29. The van der Waals surface area contributed by atoms with Crippen LogP contribution in [-0.2, 0) is 0 Å². The molecule has 1 aliphatic heterocycles. The molecular weight excluding hydrogens is 306 g/mol. The van der Waals surface area contributed by atoms with Crippen LogP contribution in [0.15, 0.2) is 24.4 Å². The summed E-state index contributed by atoms with van der Waals surface area (Å²) in [4.78, 5) is 12.4. The molecule has 7 nitrogen and oxygen atoms in total. The van der Waals surface area contributed by atoms with Crippen LogP contribution in [0.25, 0.3) is 0 Å². The number of rotatable bonds is 5. The second kappa shape index (κ2) is 7.44. The fourth-order valence-electron chi connectivity index (χ4n) is 2.81. The summed E-state index contributed by atoms with van der Waals surface area (Å²) in [5, 5.41) is 14.3. The molecule has 0 spiro atoms. The van der Waals surface area contributed by atoms with Gasteiger partial charge in [0.1, 0.15) is 5.75 Å². The highest BCUT2D eigenvalue weighted by Gasteiger charge is 2.19. The third-order valence-corrected chi connectivity index (χ3v) is 4.17. The Kier molecular flexibility index (Phi) is 5.10. The number of amides is 1.